The van der Waals surface area contributed by atoms with E-state index in [0.717, 1.165) is 0 Å². The molecular weight excluding hydrogens is 532 g/mol. The summed E-state index contributed by atoms with van der Waals surface area (Å²) in [4.78, 5) is 64.9. The van der Waals surface area contributed by atoms with Gasteiger partial charge in [-0.3, -0.25) is 19.2 Å². The predicted molar refractivity (Wildman–Crippen MR) is 151 cm³/mol. The van der Waals surface area contributed by atoms with Crippen LogP contribution in [0.4, 0.5) is 0 Å². The zero-order chi connectivity index (χ0) is 28.8. The van der Waals surface area contributed by atoms with Crippen molar-refractivity contribution in [1.82, 2.24) is 20.9 Å². The maximum Gasteiger partial charge on any atom is 0.326 e. The number of hydrogen-bond acceptors (Lipinski definition) is 9. The molecule has 1 saturated heterocycles. The number of nitrogens with zero attached hydrogens (tertiary/aromatic N) is 1. The number of nitrogens with one attached hydrogen (secondary N) is 3. The van der Waals surface area contributed by atoms with Gasteiger partial charge in [-0.2, -0.15) is 24.4 Å². The largest absolute Gasteiger partial charge is 0.480 e. The second-order valence-electron chi connectivity index (χ2n) is 9.73. The minimum Gasteiger partial charge on any atom is -0.480 e. The summed E-state index contributed by atoms with van der Waals surface area (Å²) in [5.74, 6) is -2.73. The topological polar surface area (TPSA) is 197 Å². The molecule has 0 spiro atoms. The number of carboxylic acid groups (broad SMARTS) is 1. The average Bonchev–Trinajstić information content (AvgIpc) is 3.37. The second kappa shape index (κ2) is 17.5. The van der Waals surface area contributed by atoms with Crippen LogP contribution in [0.15, 0.2) is 0 Å². The Morgan fingerprint density at radius 1 is 1.03 bits per heavy atom. The third-order valence-electron chi connectivity index (χ3n) is 6.46. The van der Waals surface area contributed by atoms with Crippen molar-refractivity contribution in [2.24, 2.45) is 17.4 Å². The highest BCUT2D eigenvalue weighted by Crippen LogP contribution is 2.20. The van der Waals surface area contributed by atoms with Crippen molar-refractivity contribution < 1.29 is 29.1 Å². The number of thioether (sulfide) groups is 1. The molecule has 8 N–H and O–H groups in total. The van der Waals surface area contributed by atoms with Crippen molar-refractivity contribution in [2.45, 2.75) is 82.6 Å². The zero-order valence-electron chi connectivity index (χ0n) is 22.5. The van der Waals surface area contributed by atoms with Crippen molar-refractivity contribution in [2.75, 3.05) is 30.9 Å². The Morgan fingerprint density at radius 3 is 2.24 bits per heavy atom. The number of hydrogen-bond donors (Lipinski definition) is 7. The van der Waals surface area contributed by atoms with E-state index in [1.54, 1.807) is 13.8 Å². The molecule has 1 fully saturated rings. The van der Waals surface area contributed by atoms with Gasteiger partial charge in [0.05, 0.1) is 6.04 Å². The highest BCUT2D eigenvalue weighted by Gasteiger charge is 2.39. The van der Waals surface area contributed by atoms with Gasteiger partial charge < -0.3 is 37.4 Å². The summed E-state index contributed by atoms with van der Waals surface area (Å²) < 4.78 is 0. The lowest BCUT2D eigenvalue weighted by molar-refractivity contribution is -0.144. The molecule has 0 bridgehead atoms. The highest BCUT2D eigenvalue weighted by atomic mass is 32.2. The summed E-state index contributed by atoms with van der Waals surface area (Å²) in [5.41, 5.74) is 11.4. The van der Waals surface area contributed by atoms with Crippen LogP contribution < -0.4 is 27.4 Å². The van der Waals surface area contributed by atoms with E-state index < -0.39 is 59.8 Å². The molecule has 0 unspecified atom stereocenters. The minimum absolute atomic E-state index is 0.0268. The first kappa shape index (κ1) is 34.0. The van der Waals surface area contributed by atoms with Gasteiger partial charge in [0.15, 0.2) is 0 Å². The monoisotopic (exact) mass is 576 g/mol. The summed E-state index contributed by atoms with van der Waals surface area (Å²) in [5, 5.41) is 17.4. The number of rotatable bonds is 17. The molecule has 38 heavy (non-hydrogen) atoms. The van der Waals surface area contributed by atoms with Crippen LogP contribution in [0, 0.1) is 5.92 Å². The number of thiol groups is 1. The number of nitrogens with two attached hydrogens (primary N) is 2. The van der Waals surface area contributed by atoms with Gasteiger partial charge >= 0.3 is 5.97 Å². The molecule has 1 aliphatic heterocycles. The zero-order valence-corrected chi connectivity index (χ0v) is 24.2. The predicted octanol–water partition coefficient (Wildman–Crippen LogP) is -0.688. The Balaban J connectivity index is 2.91. The van der Waals surface area contributed by atoms with Crippen LogP contribution in [0.25, 0.3) is 0 Å². The molecule has 0 saturated carbocycles. The number of likely N-dealkylation sites (tertiary alicyclic amines) is 1. The summed E-state index contributed by atoms with van der Waals surface area (Å²) >= 11 is 5.75. The number of unbranched alkanes of at least 4 members (excludes halogenated alkanes) is 1. The normalized spacial score (nSPS) is 18.4. The summed E-state index contributed by atoms with van der Waals surface area (Å²) in [6, 6.07) is -4.64. The Morgan fingerprint density at radius 2 is 1.68 bits per heavy atom. The maximum atomic E-state index is 13.4. The van der Waals surface area contributed by atoms with Crippen LogP contribution in [0.1, 0.15) is 52.4 Å². The molecule has 0 radical (unpaired) electrons. The van der Waals surface area contributed by atoms with E-state index >= 15 is 0 Å². The summed E-state index contributed by atoms with van der Waals surface area (Å²) in [6.45, 7) is 4.32. The van der Waals surface area contributed by atoms with Gasteiger partial charge in [-0.1, -0.05) is 13.8 Å². The molecule has 0 aromatic heterocycles. The molecule has 14 heteroatoms. The van der Waals surface area contributed by atoms with Crippen LogP contribution >= 0.6 is 24.4 Å². The number of amides is 4. The van der Waals surface area contributed by atoms with E-state index in [1.807, 2.05) is 6.26 Å². The Hall–Kier alpha value is -2.03. The first-order chi connectivity index (χ1) is 18.0. The third-order valence-corrected chi connectivity index (χ3v) is 7.47. The van der Waals surface area contributed by atoms with E-state index in [1.165, 1.54) is 16.7 Å². The van der Waals surface area contributed by atoms with Crippen LogP contribution in [0.5, 0.6) is 0 Å². The molecule has 0 aromatic rings. The number of aliphatic carboxylic acids is 1. The Bertz CT molecular complexity index is 817. The van der Waals surface area contributed by atoms with Crippen LogP contribution in [0.3, 0.4) is 0 Å². The van der Waals surface area contributed by atoms with Crippen molar-refractivity contribution in [1.29, 1.82) is 0 Å². The molecule has 1 heterocycles. The van der Waals surface area contributed by atoms with Gasteiger partial charge in [0.1, 0.15) is 24.2 Å². The van der Waals surface area contributed by atoms with Gasteiger partial charge in [-0.25, -0.2) is 4.79 Å². The van der Waals surface area contributed by atoms with E-state index in [4.69, 9.17) is 11.5 Å². The Kier molecular flexibility index (Phi) is 15.7. The van der Waals surface area contributed by atoms with Crippen LogP contribution in [-0.4, -0.2) is 101 Å². The van der Waals surface area contributed by atoms with Gasteiger partial charge in [-0.15, -0.1) is 0 Å². The van der Waals surface area contributed by atoms with Crippen molar-refractivity contribution in [3.05, 3.63) is 0 Å². The van der Waals surface area contributed by atoms with Crippen molar-refractivity contribution >= 4 is 54.0 Å². The van der Waals surface area contributed by atoms with E-state index in [-0.39, 0.29) is 24.6 Å². The Labute approximate surface area is 234 Å². The van der Waals surface area contributed by atoms with Gasteiger partial charge in [-0.05, 0) is 63.0 Å². The number of carbonyl (C=O) groups excluding carboxylic acids is 4. The van der Waals surface area contributed by atoms with Crippen LogP contribution in [-0.2, 0) is 24.0 Å². The molecule has 0 aromatic carbocycles. The van der Waals surface area contributed by atoms with Crippen LogP contribution in [0.2, 0.25) is 0 Å². The molecule has 218 valence electrons. The molecular formula is C24H44N6O6S2. The molecule has 12 nitrogen and oxygen atoms in total. The summed E-state index contributed by atoms with van der Waals surface area (Å²) in [6.07, 6.45) is 4.57. The van der Waals surface area contributed by atoms with Gasteiger partial charge in [0.25, 0.3) is 0 Å². The fraction of sp³-hybridized carbons (Fsp3) is 0.792. The van der Waals surface area contributed by atoms with E-state index in [9.17, 15) is 29.1 Å². The molecule has 1 aliphatic rings. The molecule has 1 rings (SSSR count). The maximum absolute atomic E-state index is 13.4. The molecule has 4 amide bonds. The fourth-order valence-corrected chi connectivity index (χ4v) is 4.77. The fourth-order valence-electron chi connectivity index (χ4n) is 4.05. The minimum atomic E-state index is -1.15. The van der Waals surface area contributed by atoms with E-state index in [0.29, 0.717) is 44.4 Å². The number of carboxylic acids is 1. The van der Waals surface area contributed by atoms with Gasteiger partial charge in [0, 0.05) is 12.3 Å². The van der Waals surface area contributed by atoms with Gasteiger partial charge in [0.2, 0.25) is 23.6 Å². The molecule has 0 aliphatic carbocycles. The standard InChI is InChI=1S/C24H44N6O6S2/c1-14(2)19(26)22(33)27-15(9-12-38-3)20(31)29-17(13-37)23(34)30-11-6-8-18(30)21(32)28-16(24(35)36)7-4-5-10-25/h14-19,37H,4-13,25-26H2,1-3H3,(H,27,33)(H,28,32)(H,29,31)(H,35,36)/t15-,16-,17-,18-,19-/m0/s1. The summed E-state index contributed by atoms with van der Waals surface area (Å²) in [7, 11) is 0. The highest BCUT2D eigenvalue weighted by molar-refractivity contribution is 7.98. The third kappa shape index (κ3) is 10.6. The smallest absolute Gasteiger partial charge is 0.326 e. The van der Waals surface area contributed by atoms with Crippen molar-refractivity contribution in [3.8, 4) is 0 Å². The average molecular weight is 577 g/mol. The second-order valence-corrected chi connectivity index (χ2v) is 11.1. The first-order valence-corrected chi connectivity index (χ1v) is 15.0. The van der Waals surface area contributed by atoms with Crippen molar-refractivity contribution in [3.63, 3.8) is 0 Å². The number of carbonyl (C=O) groups is 5. The van der Waals surface area contributed by atoms with E-state index in [2.05, 4.69) is 28.6 Å². The lowest BCUT2D eigenvalue weighted by Crippen LogP contribution is -2.59. The first-order valence-electron chi connectivity index (χ1n) is 13.0. The quantitative estimate of drug-likeness (QED) is 0.0866. The lowest BCUT2D eigenvalue weighted by atomic mass is 10.0. The lowest BCUT2D eigenvalue weighted by Gasteiger charge is -2.30. The SMILES string of the molecule is CSCC[C@H](NC(=O)[C@@H](N)C(C)C)C(=O)N[C@@H](CS)C(=O)N1CCC[C@H]1C(=O)N[C@@H](CCCCN)C(=O)O. The molecule has 5 atom stereocenters.